The van der Waals surface area contributed by atoms with Crippen LogP contribution in [0.2, 0.25) is 5.02 Å². The Morgan fingerprint density at radius 2 is 1.74 bits per heavy atom. The normalized spacial score (nSPS) is 10.9. The van der Waals surface area contributed by atoms with E-state index in [0.717, 1.165) is 11.1 Å². The quantitative estimate of drug-likeness (QED) is 0.437. The molecule has 4 rings (SSSR count). The van der Waals surface area contributed by atoms with Crippen LogP contribution in [0, 0.1) is 11.6 Å². The first kappa shape index (κ1) is 17.2. The average molecular weight is 383 g/mol. The molecule has 0 fully saturated rings. The van der Waals surface area contributed by atoms with Gasteiger partial charge in [0.2, 0.25) is 0 Å². The summed E-state index contributed by atoms with van der Waals surface area (Å²) in [6, 6.07) is 14.5. The predicted octanol–water partition coefficient (Wildman–Crippen LogP) is 6.51. The first-order valence-corrected chi connectivity index (χ1v) is 8.44. The lowest BCUT2D eigenvalue weighted by Gasteiger charge is -2.12. The summed E-state index contributed by atoms with van der Waals surface area (Å²) in [6.45, 7) is 3.73. The zero-order chi connectivity index (χ0) is 19.0. The summed E-state index contributed by atoms with van der Waals surface area (Å²) in [5.41, 5.74) is 3.59. The van der Waals surface area contributed by atoms with Crippen molar-refractivity contribution in [3.05, 3.63) is 89.8 Å². The van der Waals surface area contributed by atoms with E-state index in [9.17, 15) is 8.78 Å². The standard InChI is InChI=1S/C21H13ClF2N2O/c1-12(21-17(23)3-2-4-18(21)24)26-14-7-5-13(6-8-14)15-9-20-19(10-16(15)22)25-11-27-20/h2-11,26H,1H2. The number of nitrogens with one attached hydrogen (secondary N) is 1. The predicted molar refractivity (Wildman–Crippen MR) is 103 cm³/mol. The zero-order valence-corrected chi connectivity index (χ0v) is 14.7. The molecule has 0 bridgehead atoms. The highest BCUT2D eigenvalue weighted by molar-refractivity contribution is 6.34. The molecule has 0 unspecified atom stereocenters. The van der Waals surface area contributed by atoms with Crippen molar-refractivity contribution in [2.75, 3.05) is 5.32 Å². The lowest BCUT2D eigenvalue weighted by atomic mass is 10.0. The molecule has 0 aliphatic carbocycles. The van der Waals surface area contributed by atoms with Gasteiger partial charge in [0.1, 0.15) is 17.2 Å². The van der Waals surface area contributed by atoms with Gasteiger partial charge >= 0.3 is 0 Å². The Hall–Kier alpha value is -3.18. The lowest BCUT2D eigenvalue weighted by Crippen LogP contribution is -2.02. The summed E-state index contributed by atoms with van der Waals surface area (Å²) in [5, 5.41) is 3.47. The van der Waals surface area contributed by atoms with Gasteiger partial charge in [-0.05, 0) is 42.0 Å². The third kappa shape index (κ3) is 3.29. The smallest absolute Gasteiger partial charge is 0.181 e. The van der Waals surface area contributed by atoms with Crippen molar-refractivity contribution in [3.63, 3.8) is 0 Å². The molecule has 0 saturated carbocycles. The first-order chi connectivity index (χ1) is 13.0. The Morgan fingerprint density at radius 1 is 1.04 bits per heavy atom. The van der Waals surface area contributed by atoms with Crippen LogP contribution in [0.1, 0.15) is 5.56 Å². The molecule has 0 aliphatic rings. The van der Waals surface area contributed by atoms with Gasteiger partial charge in [0.15, 0.2) is 12.0 Å². The van der Waals surface area contributed by atoms with Crippen molar-refractivity contribution in [3.8, 4) is 11.1 Å². The van der Waals surface area contributed by atoms with Crippen LogP contribution in [0.4, 0.5) is 14.5 Å². The van der Waals surface area contributed by atoms with Gasteiger partial charge < -0.3 is 9.73 Å². The van der Waals surface area contributed by atoms with Gasteiger partial charge in [0.05, 0.1) is 10.6 Å². The second kappa shape index (κ2) is 6.85. The van der Waals surface area contributed by atoms with Gasteiger partial charge in [-0.3, -0.25) is 0 Å². The summed E-state index contributed by atoms with van der Waals surface area (Å²) in [7, 11) is 0. The molecule has 0 radical (unpaired) electrons. The number of benzene rings is 3. The van der Waals surface area contributed by atoms with E-state index in [-0.39, 0.29) is 11.3 Å². The van der Waals surface area contributed by atoms with E-state index in [1.807, 2.05) is 18.2 Å². The number of rotatable bonds is 4. The Labute approximate surface area is 158 Å². The maximum absolute atomic E-state index is 13.9. The van der Waals surface area contributed by atoms with Crippen molar-refractivity contribution in [1.82, 2.24) is 4.98 Å². The van der Waals surface area contributed by atoms with E-state index in [1.54, 1.807) is 18.2 Å². The summed E-state index contributed by atoms with van der Waals surface area (Å²) in [4.78, 5) is 4.07. The molecule has 6 heteroatoms. The number of aromatic nitrogens is 1. The highest BCUT2D eigenvalue weighted by Gasteiger charge is 2.13. The number of nitrogens with zero attached hydrogens (tertiary/aromatic N) is 1. The molecule has 1 aromatic heterocycles. The van der Waals surface area contributed by atoms with Crippen molar-refractivity contribution in [1.29, 1.82) is 0 Å². The maximum atomic E-state index is 13.9. The third-order valence-electron chi connectivity index (χ3n) is 4.18. The monoisotopic (exact) mass is 382 g/mol. The molecule has 0 spiro atoms. The van der Waals surface area contributed by atoms with Crippen molar-refractivity contribution < 1.29 is 13.2 Å². The third-order valence-corrected chi connectivity index (χ3v) is 4.49. The van der Waals surface area contributed by atoms with Crippen LogP contribution in [0.3, 0.4) is 0 Å². The van der Waals surface area contributed by atoms with Crippen LogP contribution in [0.15, 0.2) is 72.0 Å². The fraction of sp³-hybridized carbons (Fsp3) is 0. The molecule has 4 aromatic rings. The summed E-state index contributed by atoms with van der Waals surface area (Å²) >= 11 is 6.34. The Kier molecular flexibility index (Phi) is 4.38. The largest absolute Gasteiger partial charge is 0.443 e. The van der Waals surface area contributed by atoms with E-state index < -0.39 is 11.6 Å². The molecule has 0 amide bonds. The summed E-state index contributed by atoms with van der Waals surface area (Å²) in [5.74, 6) is -1.34. The Morgan fingerprint density at radius 3 is 2.44 bits per heavy atom. The molecule has 0 saturated heterocycles. The Balaban J connectivity index is 1.60. The molecule has 27 heavy (non-hydrogen) atoms. The van der Waals surface area contributed by atoms with E-state index in [1.165, 1.54) is 24.6 Å². The van der Waals surface area contributed by atoms with Crippen LogP contribution < -0.4 is 5.32 Å². The fourth-order valence-corrected chi connectivity index (χ4v) is 3.12. The van der Waals surface area contributed by atoms with Gasteiger partial charge in [0.25, 0.3) is 0 Å². The van der Waals surface area contributed by atoms with E-state index >= 15 is 0 Å². The molecule has 0 aliphatic heterocycles. The van der Waals surface area contributed by atoms with Gasteiger partial charge in [-0.15, -0.1) is 0 Å². The number of hydrogen-bond acceptors (Lipinski definition) is 3. The highest BCUT2D eigenvalue weighted by atomic mass is 35.5. The topological polar surface area (TPSA) is 38.1 Å². The van der Waals surface area contributed by atoms with Crippen LogP contribution >= 0.6 is 11.6 Å². The van der Waals surface area contributed by atoms with E-state index in [0.29, 0.717) is 21.8 Å². The van der Waals surface area contributed by atoms with Gasteiger partial charge in [-0.2, -0.15) is 0 Å². The van der Waals surface area contributed by atoms with E-state index in [4.69, 9.17) is 16.0 Å². The van der Waals surface area contributed by atoms with Crippen LogP contribution in [-0.4, -0.2) is 4.98 Å². The van der Waals surface area contributed by atoms with Crippen LogP contribution in [-0.2, 0) is 0 Å². The second-order valence-electron chi connectivity index (χ2n) is 5.93. The fourth-order valence-electron chi connectivity index (χ4n) is 2.86. The second-order valence-corrected chi connectivity index (χ2v) is 6.34. The number of anilines is 1. The number of fused-ring (bicyclic) bond motifs is 1. The van der Waals surface area contributed by atoms with Crippen LogP contribution in [0.5, 0.6) is 0 Å². The molecule has 134 valence electrons. The molecule has 3 nitrogen and oxygen atoms in total. The average Bonchev–Trinajstić information content (AvgIpc) is 3.09. The number of hydrogen-bond donors (Lipinski definition) is 1. The van der Waals surface area contributed by atoms with Crippen LogP contribution in [0.25, 0.3) is 27.9 Å². The first-order valence-electron chi connectivity index (χ1n) is 8.06. The van der Waals surface area contributed by atoms with Crippen molar-refractivity contribution >= 4 is 34.1 Å². The van der Waals surface area contributed by atoms with Crippen molar-refractivity contribution in [2.24, 2.45) is 0 Å². The number of oxazole rings is 1. The van der Waals surface area contributed by atoms with Gasteiger partial charge in [0, 0.05) is 16.9 Å². The van der Waals surface area contributed by atoms with Crippen molar-refractivity contribution in [2.45, 2.75) is 0 Å². The maximum Gasteiger partial charge on any atom is 0.181 e. The lowest BCUT2D eigenvalue weighted by molar-refractivity contribution is 0.577. The SMILES string of the molecule is C=C(Nc1ccc(-c2cc3ocnc3cc2Cl)cc1)c1c(F)cccc1F. The van der Waals surface area contributed by atoms with E-state index in [2.05, 4.69) is 16.9 Å². The molecule has 1 heterocycles. The summed E-state index contributed by atoms with van der Waals surface area (Å²) < 4.78 is 33.0. The molecular weight excluding hydrogens is 370 g/mol. The Bertz CT molecular complexity index is 1130. The van der Waals surface area contributed by atoms with Gasteiger partial charge in [-0.1, -0.05) is 36.4 Å². The van der Waals surface area contributed by atoms with Gasteiger partial charge in [-0.25, -0.2) is 13.8 Å². The molecule has 0 atom stereocenters. The minimum Gasteiger partial charge on any atom is -0.443 e. The molecule has 1 N–H and O–H groups in total. The molecular formula is C21H13ClF2N2O. The number of halogens is 3. The minimum atomic E-state index is -0.670. The molecule has 3 aromatic carbocycles. The summed E-state index contributed by atoms with van der Waals surface area (Å²) in [6.07, 6.45) is 1.37. The zero-order valence-electron chi connectivity index (χ0n) is 14.0. The highest BCUT2D eigenvalue weighted by Crippen LogP contribution is 2.33. The minimum absolute atomic E-state index is 0.138.